The van der Waals surface area contributed by atoms with E-state index < -0.39 is 11.6 Å². The molecule has 182 valence electrons. The average Bonchev–Trinajstić information content (AvgIpc) is 3.22. The largest absolute Gasteiger partial charge is 0.458 e. The molecule has 10 heteroatoms. The zero-order valence-corrected chi connectivity index (χ0v) is 20.0. The van der Waals surface area contributed by atoms with Crippen LogP contribution in [0.15, 0.2) is 40.1 Å². The Morgan fingerprint density at radius 2 is 2.03 bits per heavy atom. The van der Waals surface area contributed by atoms with E-state index in [1.807, 2.05) is 30.6 Å². The highest BCUT2D eigenvalue weighted by atomic mass is 35.5. The Bertz CT molecular complexity index is 1430. The van der Waals surface area contributed by atoms with Crippen LogP contribution in [0.4, 0.5) is 5.69 Å². The fourth-order valence-electron chi connectivity index (χ4n) is 4.94. The Morgan fingerprint density at radius 1 is 1.23 bits per heavy atom. The molecule has 0 unspecified atom stereocenters. The molecule has 3 aliphatic heterocycles. The minimum Gasteiger partial charge on any atom is -0.458 e. The lowest BCUT2D eigenvalue weighted by molar-refractivity contribution is -0.172. The number of aliphatic imine (C=N–C) groups is 1. The third kappa shape index (κ3) is 3.62. The van der Waals surface area contributed by atoms with Gasteiger partial charge in [0, 0.05) is 29.6 Å². The van der Waals surface area contributed by atoms with E-state index >= 15 is 0 Å². The fraction of sp³-hybridized carbons (Fsp3) is 0.360. The molecule has 6 rings (SSSR count). The van der Waals surface area contributed by atoms with Crippen LogP contribution in [0.25, 0.3) is 22.3 Å². The molecular weight excluding hydrogens is 472 g/mol. The van der Waals surface area contributed by atoms with Crippen molar-refractivity contribution in [2.45, 2.75) is 32.1 Å². The quantitative estimate of drug-likeness (QED) is 0.264. The van der Waals surface area contributed by atoms with Gasteiger partial charge in [0.2, 0.25) is 0 Å². The van der Waals surface area contributed by atoms with Gasteiger partial charge in [0.25, 0.3) is 5.56 Å². The van der Waals surface area contributed by atoms with E-state index in [0.29, 0.717) is 42.3 Å². The zero-order valence-electron chi connectivity index (χ0n) is 19.2. The number of rotatable bonds is 3. The standard InChI is InChI=1S/C25H24N4O5.ClH/c1-2-25(32)18-11-21-22-15(12-29(21)23(30)17(18)13-34-24(25)31)10-16-19(4-3-5-20(16)27-22)26-14-28-6-8-33-9-7-28;/h3-5,10-11,14,32H,2,6-9,12-13H2,1H3;1H/t25-;/m0./s1. The molecule has 1 N–H and O–H groups in total. The molecule has 0 saturated carbocycles. The second kappa shape index (κ2) is 8.75. The molecule has 1 aromatic carbocycles. The lowest BCUT2D eigenvalue weighted by Gasteiger charge is -2.31. The molecule has 1 saturated heterocycles. The number of aromatic nitrogens is 2. The number of halogens is 1. The summed E-state index contributed by atoms with van der Waals surface area (Å²) in [6.45, 7) is 4.92. The van der Waals surface area contributed by atoms with E-state index in [1.165, 1.54) is 0 Å². The molecule has 0 spiro atoms. The van der Waals surface area contributed by atoms with Crippen LogP contribution in [-0.2, 0) is 33.0 Å². The molecule has 5 heterocycles. The molecule has 2 aromatic heterocycles. The number of hydrogen-bond donors (Lipinski definition) is 1. The first-order valence-electron chi connectivity index (χ1n) is 11.5. The molecule has 3 aliphatic rings. The summed E-state index contributed by atoms with van der Waals surface area (Å²) in [5, 5.41) is 11.9. The maximum Gasteiger partial charge on any atom is 0.343 e. The summed E-state index contributed by atoms with van der Waals surface area (Å²) in [6.07, 6.45) is 1.96. The molecule has 3 aromatic rings. The van der Waals surface area contributed by atoms with Gasteiger partial charge in [-0.3, -0.25) is 4.79 Å². The molecule has 0 radical (unpaired) electrons. The van der Waals surface area contributed by atoms with Crippen molar-refractivity contribution in [3.63, 3.8) is 0 Å². The number of cyclic esters (lactones) is 1. The van der Waals surface area contributed by atoms with Crippen LogP contribution in [0, 0.1) is 0 Å². The number of esters is 1. The molecular formula is C25H25ClN4O5. The first-order valence-corrected chi connectivity index (χ1v) is 11.5. The van der Waals surface area contributed by atoms with E-state index in [0.717, 1.165) is 35.2 Å². The van der Waals surface area contributed by atoms with Crippen molar-refractivity contribution in [1.82, 2.24) is 14.5 Å². The van der Waals surface area contributed by atoms with E-state index in [4.69, 9.17) is 19.5 Å². The van der Waals surface area contributed by atoms with Crippen LogP contribution in [0.2, 0.25) is 0 Å². The van der Waals surface area contributed by atoms with Crippen LogP contribution in [0.5, 0.6) is 0 Å². The highest BCUT2D eigenvalue weighted by Crippen LogP contribution is 2.39. The summed E-state index contributed by atoms with van der Waals surface area (Å²) < 4.78 is 12.2. The summed E-state index contributed by atoms with van der Waals surface area (Å²) in [4.78, 5) is 37.3. The third-order valence-corrected chi connectivity index (χ3v) is 6.93. The first-order chi connectivity index (χ1) is 16.5. The molecule has 1 fully saturated rings. The zero-order chi connectivity index (χ0) is 23.4. The van der Waals surface area contributed by atoms with Crippen LogP contribution in [0.1, 0.15) is 30.0 Å². The van der Waals surface area contributed by atoms with Crippen LogP contribution in [-0.4, -0.2) is 58.2 Å². The number of ether oxygens (including phenoxy) is 2. The first kappa shape index (κ1) is 23.5. The maximum absolute atomic E-state index is 13.3. The van der Waals surface area contributed by atoms with Gasteiger partial charge < -0.3 is 24.0 Å². The molecule has 9 nitrogen and oxygen atoms in total. The van der Waals surface area contributed by atoms with E-state index in [-0.39, 0.29) is 31.0 Å². The predicted molar refractivity (Wildman–Crippen MR) is 132 cm³/mol. The average molecular weight is 497 g/mol. The van der Waals surface area contributed by atoms with Crippen molar-refractivity contribution in [2.24, 2.45) is 4.99 Å². The number of nitrogens with zero attached hydrogens (tertiary/aromatic N) is 4. The van der Waals surface area contributed by atoms with Crippen molar-refractivity contribution in [3.8, 4) is 11.4 Å². The molecule has 0 bridgehead atoms. The summed E-state index contributed by atoms with van der Waals surface area (Å²) >= 11 is 0. The Kier molecular flexibility index (Phi) is 5.86. The summed E-state index contributed by atoms with van der Waals surface area (Å²) in [5.74, 6) is -0.723. The van der Waals surface area contributed by atoms with Crippen LogP contribution >= 0.6 is 12.4 Å². The number of morpholine rings is 1. The van der Waals surface area contributed by atoms with Gasteiger partial charge in [0.15, 0.2) is 5.60 Å². The highest BCUT2D eigenvalue weighted by molar-refractivity contribution is 5.94. The number of carbonyl (C=O) groups excluding carboxylic acids is 1. The Balaban J connectivity index is 0.00000253. The van der Waals surface area contributed by atoms with E-state index in [1.54, 1.807) is 17.6 Å². The SMILES string of the molecule is CC[C@@]1(O)C(=O)OCc2c1cc1n(c2=O)Cc2cc3c(N=CN4CCOCC4)cccc3nc2-1.Cl. The highest BCUT2D eigenvalue weighted by Gasteiger charge is 2.45. The summed E-state index contributed by atoms with van der Waals surface area (Å²) in [7, 11) is 0. The number of benzene rings is 1. The van der Waals surface area contributed by atoms with Crippen molar-refractivity contribution < 1.29 is 19.4 Å². The molecule has 0 amide bonds. The van der Waals surface area contributed by atoms with Gasteiger partial charge in [0.05, 0.1) is 54.3 Å². The number of aliphatic hydroxyl groups is 1. The van der Waals surface area contributed by atoms with E-state index in [9.17, 15) is 14.7 Å². The van der Waals surface area contributed by atoms with Gasteiger partial charge in [-0.25, -0.2) is 14.8 Å². The Hall–Kier alpha value is -3.27. The summed E-state index contributed by atoms with van der Waals surface area (Å²) in [6, 6.07) is 9.54. The minimum atomic E-state index is -1.83. The normalized spacial score (nSPS) is 20.9. The molecule has 35 heavy (non-hydrogen) atoms. The Morgan fingerprint density at radius 3 is 2.80 bits per heavy atom. The van der Waals surface area contributed by atoms with Gasteiger partial charge in [-0.15, -0.1) is 12.4 Å². The van der Waals surface area contributed by atoms with Gasteiger partial charge in [-0.2, -0.15) is 0 Å². The third-order valence-electron chi connectivity index (χ3n) is 6.93. The lowest BCUT2D eigenvalue weighted by Crippen LogP contribution is -2.44. The van der Waals surface area contributed by atoms with Crippen LogP contribution in [0.3, 0.4) is 0 Å². The van der Waals surface area contributed by atoms with E-state index in [2.05, 4.69) is 4.90 Å². The summed E-state index contributed by atoms with van der Waals surface area (Å²) in [5.41, 5.74) is 2.29. The topological polar surface area (TPSA) is 106 Å². The predicted octanol–water partition coefficient (Wildman–Crippen LogP) is 2.49. The molecule has 0 aliphatic carbocycles. The van der Waals surface area contributed by atoms with Crippen molar-refractivity contribution in [1.29, 1.82) is 0 Å². The van der Waals surface area contributed by atoms with Crippen LogP contribution < -0.4 is 5.56 Å². The monoisotopic (exact) mass is 496 g/mol. The Labute approximate surface area is 207 Å². The van der Waals surface area contributed by atoms with Gasteiger partial charge in [-0.1, -0.05) is 13.0 Å². The van der Waals surface area contributed by atoms with Gasteiger partial charge in [0.1, 0.15) is 6.61 Å². The smallest absolute Gasteiger partial charge is 0.343 e. The van der Waals surface area contributed by atoms with Crippen molar-refractivity contribution in [2.75, 3.05) is 26.3 Å². The lowest BCUT2D eigenvalue weighted by atomic mass is 9.86. The number of carbonyl (C=O) groups is 1. The maximum atomic E-state index is 13.3. The number of pyridine rings is 2. The number of fused-ring (bicyclic) bond motifs is 5. The van der Waals surface area contributed by atoms with Gasteiger partial charge in [-0.05, 0) is 30.7 Å². The second-order valence-electron chi connectivity index (χ2n) is 8.84. The van der Waals surface area contributed by atoms with Crippen molar-refractivity contribution in [3.05, 3.63) is 57.4 Å². The minimum absolute atomic E-state index is 0. The molecule has 1 atom stereocenters. The second-order valence-corrected chi connectivity index (χ2v) is 8.84. The van der Waals surface area contributed by atoms with Gasteiger partial charge >= 0.3 is 5.97 Å². The van der Waals surface area contributed by atoms with Crippen molar-refractivity contribution >= 4 is 41.3 Å². The fourth-order valence-corrected chi connectivity index (χ4v) is 4.94. The number of hydrogen-bond acceptors (Lipinski definition) is 7.